The number of nitrogens with zero attached hydrogens (tertiary/aromatic N) is 6. The summed E-state index contributed by atoms with van der Waals surface area (Å²) in [6.45, 7) is 2.29. The Hall–Kier alpha value is -3.67. The minimum Gasteiger partial charge on any atom is -0.369 e. The van der Waals surface area contributed by atoms with Crippen molar-refractivity contribution in [3.63, 3.8) is 0 Å². The van der Waals surface area contributed by atoms with Gasteiger partial charge in [0.15, 0.2) is 11.5 Å². The molecule has 4 rings (SSSR count). The summed E-state index contributed by atoms with van der Waals surface area (Å²) in [6.07, 6.45) is -0.872. The van der Waals surface area contributed by atoms with E-state index in [0.29, 0.717) is 37.3 Å². The number of rotatable bonds is 3. The summed E-state index contributed by atoms with van der Waals surface area (Å²) in [4.78, 5) is 16.0. The van der Waals surface area contributed by atoms with Gasteiger partial charge in [0.1, 0.15) is 11.9 Å². The zero-order valence-corrected chi connectivity index (χ0v) is 16.5. The first-order valence-corrected chi connectivity index (χ1v) is 9.81. The Morgan fingerprint density at radius 2 is 1.61 bits per heavy atom. The number of hydrogen-bond donors (Lipinski definition) is 0. The highest BCUT2D eigenvalue weighted by molar-refractivity contribution is 5.60. The Morgan fingerprint density at radius 3 is 2.35 bits per heavy atom. The first kappa shape index (κ1) is 20.6. The number of benzene rings is 1. The lowest BCUT2D eigenvalue weighted by molar-refractivity contribution is -0.141. The van der Waals surface area contributed by atoms with Gasteiger partial charge >= 0.3 is 6.18 Å². The topological polar surface area (TPSA) is 68.9 Å². The number of pyridine rings is 1. The van der Waals surface area contributed by atoms with E-state index in [1.54, 1.807) is 18.2 Å². The summed E-state index contributed by atoms with van der Waals surface area (Å²) in [7, 11) is 0. The molecule has 0 spiro atoms. The summed E-state index contributed by atoms with van der Waals surface area (Å²) >= 11 is 0. The van der Waals surface area contributed by atoms with Crippen LogP contribution in [0, 0.1) is 11.3 Å². The van der Waals surface area contributed by atoms with E-state index in [9.17, 15) is 18.4 Å². The molecule has 0 amide bonds. The van der Waals surface area contributed by atoms with Gasteiger partial charge in [-0.3, -0.25) is 4.98 Å². The van der Waals surface area contributed by atoms with Gasteiger partial charge in [-0.1, -0.05) is 12.1 Å². The lowest BCUT2D eigenvalue weighted by atomic mass is 10.1. The van der Waals surface area contributed by atoms with Gasteiger partial charge in [-0.2, -0.15) is 18.4 Å². The van der Waals surface area contributed by atoms with Crippen molar-refractivity contribution in [2.45, 2.75) is 12.6 Å². The van der Waals surface area contributed by atoms with Crippen LogP contribution in [-0.4, -0.2) is 41.1 Å². The molecule has 1 aliphatic heterocycles. The molecule has 3 aromatic rings. The van der Waals surface area contributed by atoms with Crippen molar-refractivity contribution < 1.29 is 13.2 Å². The van der Waals surface area contributed by atoms with Crippen LogP contribution in [0.4, 0.5) is 24.7 Å². The monoisotopic (exact) mass is 424 g/mol. The van der Waals surface area contributed by atoms with Crippen LogP contribution in [0.25, 0.3) is 11.4 Å². The molecule has 6 nitrogen and oxygen atoms in total. The molecule has 0 saturated carbocycles. The normalized spacial score (nSPS) is 14.8. The SMILES string of the molecule is N#Cc1ccccc1N1CCCN(c2cc(C(F)(F)F)nc(-c3ccncc3)n2)CC1. The fourth-order valence-corrected chi connectivity index (χ4v) is 3.60. The highest BCUT2D eigenvalue weighted by atomic mass is 19.4. The quantitative estimate of drug-likeness (QED) is 0.629. The molecule has 1 saturated heterocycles. The molecule has 158 valence electrons. The summed E-state index contributed by atoms with van der Waals surface area (Å²) < 4.78 is 40.6. The number of anilines is 2. The molecule has 1 aromatic carbocycles. The molecule has 0 unspecified atom stereocenters. The van der Waals surface area contributed by atoms with Crippen molar-refractivity contribution in [1.29, 1.82) is 5.26 Å². The van der Waals surface area contributed by atoms with Crippen molar-refractivity contribution in [1.82, 2.24) is 15.0 Å². The van der Waals surface area contributed by atoms with E-state index in [2.05, 4.69) is 25.9 Å². The summed E-state index contributed by atoms with van der Waals surface area (Å²) in [5.74, 6) is 0.257. The Bertz CT molecular complexity index is 1090. The van der Waals surface area contributed by atoms with Crippen LogP contribution in [0.1, 0.15) is 17.7 Å². The van der Waals surface area contributed by atoms with E-state index < -0.39 is 11.9 Å². The van der Waals surface area contributed by atoms with E-state index >= 15 is 0 Å². The summed E-state index contributed by atoms with van der Waals surface area (Å²) in [6, 6.07) is 13.7. The van der Waals surface area contributed by atoms with Gasteiger partial charge < -0.3 is 9.80 Å². The summed E-state index contributed by atoms with van der Waals surface area (Å²) in [5.41, 5.74) is 0.919. The fourth-order valence-electron chi connectivity index (χ4n) is 3.60. The first-order chi connectivity index (χ1) is 15.0. The Morgan fingerprint density at radius 1 is 0.903 bits per heavy atom. The number of halogens is 3. The van der Waals surface area contributed by atoms with Gasteiger partial charge in [0.05, 0.1) is 11.3 Å². The number of alkyl halides is 3. The van der Waals surface area contributed by atoms with Crippen molar-refractivity contribution in [2.24, 2.45) is 0 Å². The molecule has 3 heterocycles. The number of para-hydroxylation sites is 1. The average molecular weight is 424 g/mol. The van der Waals surface area contributed by atoms with Crippen LogP contribution < -0.4 is 9.80 Å². The molecule has 0 radical (unpaired) electrons. The second kappa shape index (κ2) is 8.60. The van der Waals surface area contributed by atoms with E-state index in [4.69, 9.17) is 0 Å². The van der Waals surface area contributed by atoms with Gasteiger partial charge in [0, 0.05) is 50.2 Å². The van der Waals surface area contributed by atoms with Crippen LogP contribution >= 0.6 is 0 Å². The largest absolute Gasteiger partial charge is 0.433 e. The molecule has 9 heteroatoms. The number of aromatic nitrogens is 3. The van der Waals surface area contributed by atoms with Crippen LogP contribution in [0.2, 0.25) is 0 Å². The molecule has 31 heavy (non-hydrogen) atoms. The zero-order valence-electron chi connectivity index (χ0n) is 16.5. The highest BCUT2D eigenvalue weighted by Gasteiger charge is 2.34. The predicted molar refractivity (Wildman–Crippen MR) is 110 cm³/mol. The average Bonchev–Trinajstić information content (AvgIpc) is 3.05. The maximum Gasteiger partial charge on any atom is 0.433 e. The van der Waals surface area contributed by atoms with Crippen LogP contribution in [0.5, 0.6) is 0 Å². The molecule has 0 aliphatic carbocycles. The van der Waals surface area contributed by atoms with Crippen LogP contribution in [0.3, 0.4) is 0 Å². The first-order valence-electron chi connectivity index (χ1n) is 9.81. The van der Waals surface area contributed by atoms with Crippen molar-refractivity contribution in [3.8, 4) is 17.5 Å². The molecule has 0 bridgehead atoms. The third-order valence-electron chi connectivity index (χ3n) is 5.13. The second-order valence-corrected chi connectivity index (χ2v) is 7.13. The number of nitriles is 1. The minimum atomic E-state index is -4.58. The molecule has 0 N–H and O–H groups in total. The maximum atomic E-state index is 13.5. The van der Waals surface area contributed by atoms with E-state index in [1.165, 1.54) is 12.4 Å². The summed E-state index contributed by atoms with van der Waals surface area (Å²) in [5, 5.41) is 9.38. The van der Waals surface area contributed by atoms with E-state index in [0.717, 1.165) is 18.2 Å². The Labute approximate surface area is 177 Å². The maximum absolute atomic E-state index is 13.5. The smallest absolute Gasteiger partial charge is 0.369 e. The predicted octanol–water partition coefficient (Wildman–Crippen LogP) is 4.15. The van der Waals surface area contributed by atoms with Crippen molar-refractivity contribution in [2.75, 3.05) is 36.0 Å². The molecule has 2 aromatic heterocycles. The Kier molecular flexibility index (Phi) is 5.71. The van der Waals surface area contributed by atoms with Crippen molar-refractivity contribution >= 4 is 11.5 Å². The third-order valence-corrected chi connectivity index (χ3v) is 5.13. The zero-order chi connectivity index (χ0) is 21.8. The van der Waals surface area contributed by atoms with Gasteiger partial charge in [0.25, 0.3) is 0 Å². The molecule has 0 atom stereocenters. The minimum absolute atomic E-state index is 0.0168. The van der Waals surface area contributed by atoms with Crippen molar-refractivity contribution in [3.05, 3.63) is 66.1 Å². The van der Waals surface area contributed by atoms with Gasteiger partial charge in [-0.05, 0) is 30.7 Å². The van der Waals surface area contributed by atoms with Gasteiger partial charge in [-0.25, -0.2) is 9.97 Å². The molecular weight excluding hydrogens is 405 g/mol. The molecule has 1 fully saturated rings. The van der Waals surface area contributed by atoms with Crippen LogP contribution in [0.15, 0.2) is 54.9 Å². The van der Waals surface area contributed by atoms with E-state index in [-0.39, 0.29) is 11.6 Å². The van der Waals surface area contributed by atoms with Gasteiger partial charge in [0.2, 0.25) is 0 Å². The fraction of sp³-hybridized carbons (Fsp3) is 0.273. The van der Waals surface area contributed by atoms with Crippen LogP contribution in [-0.2, 0) is 6.18 Å². The Balaban J connectivity index is 1.64. The lowest BCUT2D eigenvalue weighted by Crippen LogP contribution is -2.32. The molecule has 1 aliphatic rings. The second-order valence-electron chi connectivity index (χ2n) is 7.13. The van der Waals surface area contributed by atoms with E-state index in [1.807, 2.05) is 23.1 Å². The molecular formula is C22H19F3N6. The number of hydrogen-bond acceptors (Lipinski definition) is 6. The third kappa shape index (κ3) is 4.58. The van der Waals surface area contributed by atoms with Gasteiger partial charge in [-0.15, -0.1) is 0 Å². The lowest BCUT2D eigenvalue weighted by Gasteiger charge is -2.25. The standard InChI is InChI=1S/C22H19F3N6/c23-22(24,25)19-14-20(29-21(28-19)16-6-8-27-9-7-16)31-11-3-10-30(12-13-31)18-5-2-1-4-17(18)15-26/h1-2,4-9,14H,3,10-13H2. The highest BCUT2D eigenvalue weighted by Crippen LogP contribution is 2.32.